The Bertz CT molecular complexity index is 6370. The van der Waals surface area contributed by atoms with Crippen molar-refractivity contribution < 1.29 is 78.4 Å². The van der Waals surface area contributed by atoms with Gasteiger partial charge in [-0.3, -0.25) is 24.0 Å². The van der Waals surface area contributed by atoms with E-state index in [0.717, 1.165) is 46.2 Å². The van der Waals surface area contributed by atoms with Gasteiger partial charge in [-0.25, -0.2) is 54.3 Å². The van der Waals surface area contributed by atoms with E-state index >= 15 is 4.39 Å². The summed E-state index contributed by atoms with van der Waals surface area (Å²) in [7, 11) is -6.08. The predicted molar refractivity (Wildman–Crippen MR) is 501 cm³/mol. The predicted octanol–water partition coefficient (Wildman–Crippen LogP) is 12.9. The number of aliphatic hydroxyl groups is 3. The number of aromatic nitrogens is 4. The van der Waals surface area contributed by atoms with Gasteiger partial charge >= 0.3 is 0 Å². The third-order valence-corrected chi connectivity index (χ3v) is 28.0. The number of halogens is 6. The molecule has 8 atom stereocenters. The number of morpholine rings is 1. The number of ether oxygens (including phenoxy) is 1. The molecule has 17 rings (SSSR count). The van der Waals surface area contributed by atoms with Gasteiger partial charge < -0.3 is 74.5 Å². The first-order valence-electron chi connectivity index (χ1n) is 42.7. The molecule has 5 aliphatic rings. The van der Waals surface area contributed by atoms with Crippen LogP contribution in [0.4, 0.5) is 40.8 Å². The highest BCUT2D eigenvalue weighted by atomic mass is 35.5. The number of hydrogen-bond donors (Lipinski definition) is 12. The molecule has 9 heterocycles. The SMILES string of the molecule is Nc1ncc([C@@H]2CCS(=O)(=O)C2)cc1-c1ccc(C(=O)NCc2ccccc2)c(F)c1.Nc1ncc([C@@H]2CN[C@H](CO)C2)cc1-c1ccc(C(=O)N[C@H](CO)c2cccc(Cl)c2)c(F)c1.Nc1ncc([C@H]2CCS(=O)(=O)C2)cc1-c1ccc(C(=O)NCc2ccccc2)c(F)c1.Nc1ncc([C@H]2C[C@H]3COCC(=O)N3C2)cc1-c1ccc(C(=O)N[C@H](CO)c2cccc(Cl)c2)c(F)c1. The Kier molecular flexibility index (Phi) is 31.1. The van der Waals surface area contributed by atoms with Gasteiger partial charge in [0.25, 0.3) is 23.6 Å². The molecular formula is C98H96Cl2F4N14O13S2. The molecule has 5 saturated heterocycles. The standard InChI is InChI=1S/C27H26ClFN4O4.C25H26ClFN4O3.2C23H22FN3O3S/c28-19-3-1-2-16(6-19)24(12-34)32-27(36)21-5-4-15(9-23(21)29)22-8-17(10-31-26(22)30)18-7-20-13-37-14-25(35)33(20)11-18;26-18-3-1-2-15(6-18)23(13-33)31-25(34)20-5-4-14(9-22(20)27)21-8-17(11-30-24(21)28)16-7-19(12-32)29-10-16;2*24-21-11-16(6-7-19(21)23(28)27-12-15-4-2-1-3-5-15)20-10-18(13-26-22(20)25)17-8-9-31(29,30)14-17/h1-6,8-10,18,20,24,34H,7,11-14H2,(H2,30,31)(H,32,36);1-6,8-9,11,16,19,23,29,32-33H,7,10,12-13H2,(H2,28,30)(H,31,34);2*1-7,10-11,13,17H,8-9,12,14H2,(H2,25,26)(H,27,28)/t18-,20-,24+;16-,19-,23+;2*17-/m0010/s1. The lowest BCUT2D eigenvalue weighted by atomic mass is 9.94. The number of nitrogens with zero attached hydrogens (tertiary/aromatic N) is 5. The van der Waals surface area contributed by atoms with Crippen molar-refractivity contribution in [1.29, 1.82) is 0 Å². The molecule has 16 N–H and O–H groups in total. The number of nitrogens with two attached hydrogens (primary N) is 4. The quantitative estimate of drug-likeness (QED) is 0.0265. The van der Waals surface area contributed by atoms with Crippen LogP contribution in [0.1, 0.15) is 147 Å². The third-order valence-electron chi connectivity index (χ3n) is 24.0. The monoisotopic (exact) mass is 1890 g/mol. The van der Waals surface area contributed by atoms with E-state index in [1.807, 2.05) is 77.7 Å². The van der Waals surface area contributed by atoms with Crippen molar-refractivity contribution in [1.82, 2.24) is 51.4 Å². The Morgan fingerprint density at radius 3 is 1.17 bits per heavy atom. The molecule has 5 aliphatic heterocycles. The van der Waals surface area contributed by atoms with E-state index in [9.17, 15) is 69.3 Å². The van der Waals surface area contributed by atoms with Crippen molar-refractivity contribution >= 4 is 95.7 Å². The van der Waals surface area contributed by atoms with Crippen LogP contribution < -0.4 is 49.5 Å². The van der Waals surface area contributed by atoms with Crippen LogP contribution in [0.2, 0.25) is 10.0 Å². The van der Waals surface area contributed by atoms with E-state index in [-0.39, 0.29) is 137 Å². The lowest BCUT2D eigenvalue weighted by Gasteiger charge is -2.28. The van der Waals surface area contributed by atoms with Crippen LogP contribution in [0, 0.1) is 23.3 Å². The van der Waals surface area contributed by atoms with E-state index in [1.165, 1.54) is 48.5 Å². The second-order valence-electron chi connectivity index (χ2n) is 33.0. The van der Waals surface area contributed by atoms with Gasteiger partial charge in [0.2, 0.25) is 5.91 Å². The highest BCUT2D eigenvalue weighted by molar-refractivity contribution is 7.91. The minimum Gasteiger partial charge on any atom is -0.395 e. The van der Waals surface area contributed by atoms with Gasteiger partial charge in [0.05, 0.1) is 89.8 Å². The average Bonchev–Trinajstić information content (AvgIpc) is 1.78. The van der Waals surface area contributed by atoms with E-state index < -0.39 is 78.7 Å². The van der Waals surface area contributed by atoms with Crippen molar-refractivity contribution in [3.05, 3.63) is 331 Å². The Hall–Kier alpha value is -13.1. The Morgan fingerprint density at radius 1 is 0.466 bits per heavy atom. The maximum absolute atomic E-state index is 15.1. The number of amides is 5. The molecule has 8 aromatic carbocycles. The molecule has 4 aromatic heterocycles. The first kappa shape index (κ1) is 96.0. The van der Waals surface area contributed by atoms with Crippen molar-refractivity contribution in [2.45, 2.75) is 86.6 Å². The lowest BCUT2D eigenvalue weighted by molar-refractivity contribution is -0.145. The topological polar surface area (TPSA) is 443 Å². The molecule has 0 saturated carbocycles. The maximum Gasteiger partial charge on any atom is 0.254 e. The molecule has 12 aromatic rings. The number of hydrogen-bond acceptors (Lipinski definition) is 22. The summed E-state index contributed by atoms with van der Waals surface area (Å²) in [6.07, 6.45) is 9.13. The molecular weight excluding hydrogens is 1790 g/mol. The minimum absolute atomic E-state index is 0.0166. The summed E-state index contributed by atoms with van der Waals surface area (Å²) in [5, 5.41) is 43.7. The van der Waals surface area contributed by atoms with Crippen LogP contribution in [0.25, 0.3) is 44.5 Å². The molecule has 0 spiro atoms. The first-order chi connectivity index (χ1) is 63.9. The number of fused-ring (bicyclic) bond motifs is 1. The number of aliphatic hydroxyl groups excluding tert-OH is 3. The fraction of sp³-hybridized carbons (Fsp3) is 0.255. The Morgan fingerprint density at radius 2 is 0.835 bits per heavy atom. The Balaban J connectivity index is 0.000000143. The lowest BCUT2D eigenvalue weighted by Crippen LogP contribution is -2.45. The number of anilines is 4. The van der Waals surface area contributed by atoms with Crippen molar-refractivity contribution in [2.75, 3.05) is 92.1 Å². The molecule has 0 bridgehead atoms. The van der Waals surface area contributed by atoms with Crippen molar-refractivity contribution in [2.24, 2.45) is 0 Å². The van der Waals surface area contributed by atoms with E-state index in [0.29, 0.717) is 111 Å². The number of nitrogen functional groups attached to an aromatic ring is 4. The zero-order valence-corrected chi connectivity index (χ0v) is 74.8. The minimum atomic E-state index is -3.04. The van der Waals surface area contributed by atoms with Crippen LogP contribution in [0.3, 0.4) is 0 Å². The summed E-state index contributed by atoms with van der Waals surface area (Å²) in [5.74, 6) is -3.84. The van der Waals surface area contributed by atoms with Gasteiger partial charge in [0.15, 0.2) is 19.7 Å². The average molecular weight is 1890 g/mol. The van der Waals surface area contributed by atoms with Crippen LogP contribution in [0.15, 0.2) is 231 Å². The third kappa shape index (κ3) is 24.1. The van der Waals surface area contributed by atoms with E-state index in [1.54, 1.807) is 110 Å². The molecule has 5 amide bonds. The number of pyridine rings is 4. The number of sulfone groups is 2. The van der Waals surface area contributed by atoms with Crippen LogP contribution >= 0.6 is 23.2 Å². The second-order valence-corrected chi connectivity index (χ2v) is 38.3. The summed E-state index contributed by atoms with van der Waals surface area (Å²) in [5.41, 5.74) is 34.2. The normalized spacial score (nSPS) is 18.4. The second kappa shape index (κ2) is 43.1. The molecule has 0 radical (unpaired) electrons. The van der Waals surface area contributed by atoms with Crippen LogP contribution in [-0.2, 0) is 42.3 Å². The zero-order chi connectivity index (χ0) is 94.4. The molecule has 5 fully saturated rings. The van der Waals surface area contributed by atoms with Gasteiger partial charge in [-0.2, -0.15) is 0 Å². The van der Waals surface area contributed by atoms with Gasteiger partial charge in [-0.1, -0.05) is 132 Å². The summed E-state index contributed by atoms with van der Waals surface area (Å²) in [6.45, 7) is 1.81. The number of benzene rings is 8. The molecule has 133 heavy (non-hydrogen) atoms. The molecule has 0 aliphatic carbocycles. The van der Waals surface area contributed by atoms with Crippen molar-refractivity contribution in [3.63, 3.8) is 0 Å². The zero-order valence-electron chi connectivity index (χ0n) is 71.6. The first-order valence-corrected chi connectivity index (χ1v) is 47.1. The highest BCUT2D eigenvalue weighted by Gasteiger charge is 2.40. The smallest absolute Gasteiger partial charge is 0.254 e. The molecule has 690 valence electrons. The number of nitrogens with one attached hydrogen (secondary N) is 5. The summed E-state index contributed by atoms with van der Waals surface area (Å²) in [6, 6.07) is 55.1. The highest BCUT2D eigenvalue weighted by Crippen LogP contribution is 2.41. The maximum atomic E-state index is 15.1. The van der Waals surface area contributed by atoms with E-state index in [2.05, 4.69) is 46.5 Å². The van der Waals surface area contributed by atoms with Gasteiger partial charge in [0.1, 0.15) is 53.1 Å². The summed E-state index contributed by atoms with van der Waals surface area (Å²) >= 11 is 12.0. The number of carbonyl (C=O) groups excluding carboxylic acids is 5. The number of carbonyl (C=O) groups is 5. The molecule has 0 unspecified atom stereocenters. The molecule has 35 heteroatoms. The fourth-order valence-corrected chi connectivity index (χ4v) is 20.7. The van der Waals surface area contributed by atoms with Crippen LogP contribution in [0.5, 0.6) is 0 Å². The van der Waals surface area contributed by atoms with Gasteiger partial charge in [-0.15, -0.1) is 0 Å². The van der Waals surface area contributed by atoms with Gasteiger partial charge in [0, 0.05) is 107 Å². The molecule has 27 nitrogen and oxygen atoms in total. The fourth-order valence-electron chi connectivity index (χ4n) is 16.7. The largest absolute Gasteiger partial charge is 0.395 e. The van der Waals surface area contributed by atoms with Gasteiger partial charge in [-0.05, 0) is 195 Å². The van der Waals surface area contributed by atoms with Crippen LogP contribution in [-0.4, -0.2) is 168 Å². The summed E-state index contributed by atoms with van der Waals surface area (Å²) in [4.78, 5) is 81.3. The summed E-state index contributed by atoms with van der Waals surface area (Å²) < 4.78 is 112. The Labute approximate surface area is 775 Å². The number of rotatable bonds is 23. The van der Waals surface area contributed by atoms with E-state index in [4.69, 9.17) is 50.9 Å². The van der Waals surface area contributed by atoms with Crippen molar-refractivity contribution in [3.8, 4) is 44.5 Å².